The number of aliphatic hydroxyl groups is 1. The zero-order valence-corrected chi connectivity index (χ0v) is 10.8. The molecule has 17 heavy (non-hydrogen) atoms. The van der Waals surface area contributed by atoms with Gasteiger partial charge in [0.15, 0.2) is 0 Å². The predicted molar refractivity (Wildman–Crippen MR) is 74.1 cm³/mol. The normalized spacial score (nSPS) is 11.5. The van der Waals surface area contributed by atoms with E-state index >= 15 is 0 Å². The SMILES string of the molecule is C=CCC(O)(CC=C)c1cccc(C(C)C)c1. The maximum Gasteiger partial charge on any atom is 0.0964 e. The largest absolute Gasteiger partial charge is 0.385 e. The summed E-state index contributed by atoms with van der Waals surface area (Å²) >= 11 is 0. The van der Waals surface area contributed by atoms with Gasteiger partial charge < -0.3 is 5.11 Å². The Hall–Kier alpha value is -1.34. The van der Waals surface area contributed by atoms with Crippen LogP contribution in [0.15, 0.2) is 49.6 Å². The van der Waals surface area contributed by atoms with Gasteiger partial charge in [-0.3, -0.25) is 0 Å². The smallest absolute Gasteiger partial charge is 0.0964 e. The number of rotatable bonds is 6. The lowest BCUT2D eigenvalue weighted by Gasteiger charge is -2.27. The molecule has 0 heterocycles. The maximum absolute atomic E-state index is 10.6. The third-order valence-corrected chi connectivity index (χ3v) is 3.05. The molecule has 0 aliphatic carbocycles. The van der Waals surface area contributed by atoms with Gasteiger partial charge in [-0.15, -0.1) is 13.2 Å². The molecule has 1 nitrogen and oxygen atoms in total. The zero-order chi connectivity index (χ0) is 12.9. The van der Waals surface area contributed by atoms with Crippen LogP contribution in [0.1, 0.15) is 43.7 Å². The Kier molecular flexibility index (Phi) is 4.71. The fraction of sp³-hybridized carbons (Fsp3) is 0.375. The molecule has 1 aromatic rings. The van der Waals surface area contributed by atoms with Gasteiger partial charge in [0.25, 0.3) is 0 Å². The molecule has 1 N–H and O–H groups in total. The lowest BCUT2D eigenvalue weighted by Crippen LogP contribution is -2.24. The van der Waals surface area contributed by atoms with Gasteiger partial charge in [-0.1, -0.05) is 50.3 Å². The van der Waals surface area contributed by atoms with E-state index in [1.54, 1.807) is 12.2 Å². The number of benzene rings is 1. The van der Waals surface area contributed by atoms with E-state index < -0.39 is 5.60 Å². The lowest BCUT2D eigenvalue weighted by molar-refractivity contribution is 0.0429. The number of hydrogen-bond donors (Lipinski definition) is 1. The second kappa shape index (κ2) is 5.83. The van der Waals surface area contributed by atoms with Crippen molar-refractivity contribution < 1.29 is 5.11 Å². The van der Waals surface area contributed by atoms with Crippen molar-refractivity contribution in [2.45, 2.75) is 38.2 Å². The molecule has 0 atom stereocenters. The Morgan fingerprint density at radius 2 is 1.82 bits per heavy atom. The first kappa shape index (κ1) is 13.7. The van der Waals surface area contributed by atoms with Crippen molar-refractivity contribution in [3.63, 3.8) is 0 Å². The van der Waals surface area contributed by atoms with Crippen LogP contribution in [0.3, 0.4) is 0 Å². The molecule has 1 heteroatoms. The predicted octanol–water partition coefficient (Wildman–Crippen LogP) is 4.15. The molecular formula is C16H22O. The molecule has 0 amide bonds. The van der Waals surface area contributed by atoms with E-state index in [9.17, 15) is 5.11 Å². The first-order valence-corrected chi connectivity index (χ1v) is 6.08. The second-order valence-electron chi connectivity index (χ2n) is 4.80. The second-order valence-corrected chi connectivity index (χ2v) is 4.80. The van der Waals surface area contributed by atoms with Crippen LogP contribution < -0.4 is 0 Å². The van der Waals surface area contributed by atoms with Gasteiger partial charge in [0.05, 0.1) is 5.60 Å². The summed E-state index contributed by atoms with van der Waals surface area (Å²) in [7, 11) is 0. The zero-order valence-electron chi connectivity index (χ0n) is 10.8. The van der Waals surface area contributed by atoms with E-state index in [4.69, 9.17) is 0 Å². The summed E-state index contributed by atoms with van der Waals surface area (Å²) in [5.41, 5.74) is 1.33. The van der Waals surface area contributed by atoms with Gasteiger partial charge in [0, 0.05) is 0 Å². The highest BCUT2D eigenvalue weighted by molar-refractivity contribution is 5.31. The summed E-state index contributed by atoms with van der Waals surface area (Å²) in [6, 6.07) is 8.15. The Bertz CT molecular complexity index is 380. The minimum Gasteiger partial charge on any atom is -0.385 e. The Labute approximate surface area is 104 Å². The van der Waals surface area contributed by atoms with Gasteiger partial charge in [-0.25, -0.2) is 0 Å². The van der Waals surface area contributed by atoms with Gasteiger partial charge in [0.2, 0.25) is 0 Å². The van der Waals surface area contributed by atoms with Crippen molar-refractivity contribution in [3.8, 4) is 0 Å². The maximum atomic E-state index is 10.6. The summed E-state index contributed by atoms with van der Waals surface area (Å²) in [5.74, 6) is 0.465. The van der Waals surface area contributed by atoms with Crippen molar-refractivity contribution in [3.05, 3.63) is 60.7 Å². The molecule has 0 bridgehead atoms. The standard InChI is InChI=1S/C16H22O/c1-5-10-16(17,11-6-2)15-9-7-8-14(12-15)13(3)4/h5-9,12-13,17H,1-2,10-11H2,3-4H3. The average molecular weight is 230 g/mol. The summed E-state index contributed by atoms with van der Waals surface area (Å²) in [4.78, 5) is 0. The molecule has 1 rings (SSSR count). The summed E-state index contributed by atoms with van der Waals surface area (Å²) < 4.78 is 0. The molecule has 1 aromatic carbocycles. The minimum absolute atomic E-state index is 0.465. The highest BCUT2D eigenvalue weighted by atomic mass is 16.3. The van der Waals surface area contributed by atoms with E-state index in [0.717, 1.165) is 5.56 Å². The molecule has 0 aliphatic heterocycles. The van der Waals surface area contributed by atoms with E-state index in [1.165, 1.54) is 5.56 Å². The van der Waals surface area contributed by atoms with E-state index in [2.05, 4.69) is 39.1 Å². The first-order chi connectivity index (χ1) is 8.03. The molecule has 0 saturated heterocycles. The fourth-order valence-electron chi connectivity index (χ4n) is 1.98. The van der Waals surface area contributed by atoms with Gasteiger partial charge >= 0.3 is 0 Å². The molecule has 0 aromatic heterocycles. The molecule has 0 fully saturated rings. The number of hydrogen-bond acceptors (Lipinski definition) is 1. The molecular weight excluding hydrogens is 208 g/mol. The van der Waals surface area contributed by atoms with Crippen LogP contribution in [0.4, 0.5) is 0 Å². The molecule has 0 spiro atoms. The van der Waals surface area contributed by atoms with Crippen LogP contribution in [-0.4, -0.2) is 5.11 Å². The molecule has 0 radical (unpaired) electrons. The molecule has 0 aliphatic rings. The van der Waals surface area contributed by atoms with Crippen LogP contribution in [0.2, 0.25) is 0 Å². The van der Waals surface area contributed by atoms with Crippen LogP contribution in [-0.2, 0) is 5.60 Å². The van der Waals surface area contributed by atoms with E-state index in [-0.39, 0.29) is 0 Å². The van der Waals surface area contributed by atoms with Crippen LogP contribution in [0.5, 0.6) is 0 Å². The van der Waals surface area contributed by atoms with Crippen molar-refractivity contribution >= 4 is 0 Å². The van der Waals surface area contributed by atoms with Crippen LogP contribution in [0, 0.1) is 0 Å². The fourth-order valence-corrected chi connectivity index (χ4v) is 1.98. The Morgan fingerprint density at radius 1 is 1.24 bits per heavy atom. The highest BCUT2D eigenvalue weighted by Crippen LogP contribution is 2.31. The van der Waals surface area contributed by atoms with Crippen molar-refractivity contribution in [1.82, 2.24) is 0 Å². The van der Waals surface area contributed by atoms with Crippen molar-refractivity contribution in [2.24, 2.45) is 0 Å². The van der Waals surface area contributed by atoms with Crippen LogP contribution >= 0.6 is 0 Å². The third kappa shape index (κ3) is 3.31. The quantitative estimate of drug-likeness (QED) is 0.728. The third-order valence-electron chi connectivity index (χ3n) is 3.05. The van der Waals surface area contributed by atoms with E-state index in [0.29, 0.717) is 18.8 Å². The summed E-state index contributed by atoms with van der Waals surface area (Å²) in [5, 5.41) is 10.6. The molecule has 0 unspecified atom stereocenters. The highest BCUT2D eigenvalue weighted by Gasteiger charge is 2.26. The van der Waals surface area contributed by atoms with Crippen molar-refractivity contribution in [2.75, 3.05) is 0 Å². The lowest BCUT2D eigenvalue weighted by atomic mass is 9.85. The van der Waals surface area contributed by atoms with Gasteiger partial charge in [-0.05, 0) is 29.9 Å². The van der Waals surface area contributed by atoms with Gasteiger partial charge in [-0.2, -0.15) is 0 Å². The molecule has 0 saturated carbocycles. The van der Waals surface area contributed by atoms with E-state index in [1.807, 2.05) is 12.1 Å². The topological polar surface area (TPSA) is 20.2 Å². The Balaban J connectivity index is 3.13. The summed E-state index contributed by atoms with van der Waals surface area (Å²) in [6.07, 6.45) is 4.60. The minimum atomic E-state index is -0.867. The van der Waals surface area contributed by atoms with Crippen LogP contribution in [0.25, 0.3) is 0 Å². The summed E-state index contributed by atoms with van der Waals surface area (Å²) in [6.45, 7) is 11.7. The molecule has 92 valence electrons. The monoisotopic (exact) mass is 230 g/mol. The first-order valence-electron chi connectivity index (χ1n) is 6.08. The van der Waals surface area contributed by atoms with Crippen molar-refractivity contribution in [1.29, 1.82) is 0 Å². The van der Waals surface area contributed by atoms with Gasteiger partial charge in [0.1, 0.15) is 0 Å². The average Bonchev–Trinajstić information content (AvgIpc) is 2.30. The Morgan fingerprint density at radius 3 is 2.29 bits per heavy atom.